The van der Waals surface area contributed by atoms with Crippen molar-refractivity contribution in [1.82, 2.24) is 10.3 Å². The molecular formula is C12H19N3OS. The molecule has 0 unspecified atom stereocenters. The molecule has 4 nitrogen and oxygen atoms in total. The summed E-state index contributed by atoms with van der Waals surface area (Å²) >= 11 is 1.61. The van der Waals surface area contributed by atoms with E-state index in [-0.39, 0.29) is 11.4 Å². The number of nitrogens with one attached hydrogen (secondary N) is 1. The van der Waals surface area contributed by atoms with Crippen LogP contribution in [0.4, 0.5) is 0 Å². The van der Waals surface area contributed by atoms with Crippen molar-refractivity contribution in [2.45, 2.75) is 51.1 Å². The Morgan fingerprint density at radius 2 is 2.29 bits per heavy atom. The van der Waals surface area contributed by atoms with Crippen molar-refractivity contribution in [3.63, 3.8) is 0 Å². The van der Waals surface area contributed by atoms with E-state index in [2.05, 4.69) is 10.3 Å². The second-order valence-corrected chi connectivity index (χ2v) is 6.19. The SMILES string of the molecule is Cc1ncc(CNC(=O)CC2(N)CCCC2)s1. The minimum Gasteiger partial charge on any atom is -0.351 e. The van der Waals surface area contributed by atoms with E-state index in [0.717, 1.165) is 35.6 Å². The summed E-state index contributed by atoms with van der Waals surface area (Å²) in [6.45, 7) is 2.53. The second-order valence-electron chi connectivity index (χ2n) is 4.87. The minimum absolute atomic E-state index is 0.0560. The highest BCUT2D eigenvalue weighted by Gasteiger charge is 2.31. The first kappa shape index (κ1) is 12.5. The molecule has 0 saturated heterocycles. The standard InChI is InChI=1S/C12H19N3OS/c1-9-14-7-10(17-9)8-15-11(16)6-12(13)4-2-3-5-12/h7H,2-6,8,13H2,1H3,(H,15,16). The molecule has 5 heteroatoms. The number of carbonyl (C=O) groups excluding carboxylic acids is 1. The Morgan fingerprint density at radius 1 is 1.59 bits per heavy atom. The average molecular weight is 253 g/mol. The first-order valence-electron chi connectivity index (χ1n) is 6.04. The summed E-state index contributed by atoms with van der Waals surface area (Å²) in [4.78, 5) is 17.0. The number of aromatic nitrogens is 1. The molecule has 1 aromatic heterocycles. The summed E-state index contributed by atoms with van der Waals surface area (Å²) in [7, 11) is 0. The van der Waals surface area contributed by atoms with Crippen molar-refractivity contribution in [2.24, 2.45) is 5.73 Å². The number of rotatable bonds is 4. The third kappa shape index (κ3) is 3.51. The van der Waals surface area contributed by atoms with Crippen molar-refractivity contribution in [3.8, 4) is 0 Å². The topological polar surface area (TPSA) is 68.0 Å². The number of carbonyl (C=O) groups is 1. The molecule has 1 saturated carbocycles. The van der Waals surface area contributed by atoms with Crippen molar-refractivity contribution in [1.29, 1.82) is 0 Å². The highest BCUT2D eigenvalue weighted by Crippen LogP contribution is 2.29. The van der Waals surface area contributed by atoms with Crippen LogP contribution in [0.3, 0.4) is 0 Å². The van der Waals surface area contributed by atoms with Gasteiger partial charge in [0.2, 0.25) is 5.91 Å². The molecule has 17 heavy (non-hydrogen) atoms. The maximum absolute atomic E-state index is 11.8. The quantitative estimate of drug-likeness (QED) is 0.858. The van der Waals surface area contributed by atoms with Crippen LogP contribution in [-0.2, 0) is 11.3 Å². The van der Waals surface area contributed by atoms with Crippen LogP contribution in [0.5, 0.6) is 0 Å². The van der Waals surface area contributed by atoms with Gasteiger partial charge in [-0.15, -0.1) is 11.3 Å². The maximum Gasteiger partial charge on any atom is 0.222 e. The fraction of sp³-hybridized carbons (Fsp3) is 0.667. The minimum atomic E-state index is -0.256. The van der Waals surface area contributed by atoms with Crippen LogP contribution in [0.2, 0.25) is 0 Å². The molecule has 0 bridgehead atoms. The molecule has 0 radical (unpaired) electrons. The predicted octanol–water partition coefficient (Wildman–Crippen LogP) is 1.73. The van der Waals surface area contributed by atoms with Crippen LogP contribution in [0.25, 0.3) is 0 Å². The molecule has 0 aliphatic heterocycles. The number of nitrogens with two attached hydrogens (primary N) is 1. The summed E-state index contributed by atoms with van der Waals surface area (Å²) < 4.78 is 0. The van der Waals surface area contributed by atoms with Crippen LogP contribution in [-0.4, -0.2) is 16.4 Å². The fourth-order valence-corrected chi connectivity index (χ4v) is 3.05. The van der Waals surface area contributed by atoms with Gasteiger partial charge in [-0.3, -0.25) is 4.79 Å². The van der Waals surface area contributed by atoms with Gasteiger partial charge in [0.25, 0.3) is 0 Å². The van der Waals surface area contributed by atoms with Crippen LogP contribution >= 0.6 is 11.3 Å². The number of hydrogen-bond acceptors (Lipinski definition) is 4. The normalized spacial score (nSPS) is 18.2. The van der Waals surface area contributed by atoms with E-state index < -0.39 is 0 Å². The Bertz CT molecular complexity index is 396. The Morgan fingerprint density at radius 3 is 2.88 bits per heavy atom. The molecular weight excluding hydrogens is 234 g/mol. The van der Waals surface area contributed by atoms with E-state index in [4.69, 9.17) is 5.73 Å². The summed E-state index contributed by atoms with van der Waals surface area (Å²) in [5.74, 6) is 0.0560. The van der Waals surface area contributed by atoms with Gasteiger partial charge < -0.3 is 11.1 Å². The van der Waals surface area contributed by atoms with E-state index in [1.54, 1.807) is 11.3 Å². The van der Waals surface area contributed by atoms with Crippen molar-refractivity contribution in [3.05, 3.63) is 16.1 Å². The summed E-state index contributed by atoms with van der Waals surface area (Å²) in [5, 5.41) is 3.94. The number of nitrogens with zero attached hydrogens (tertiary/aromatic N) is 1. The van der Waals surface area contributed by atoms with Crippen LogP contribution in [0.1, 0.15) is 42.0 Å². The Hall–Kier alpha value is -0.940. The number of hydrogen-bond donors (Lipinski definition) is 2. The van der Waals surface area contributed by atoms with Crippen molar-refractivity contribution >= 4 is 17.2 Å². The predicted molar refractivity (Wildman–Crippen MR) is 68.7 cm³/mol. The van der Waals surface area contributed by atoms with Crippen molar-refractivity contribution < 1.29 is 4.79 Å². The molecule has 0 atom stereocenters. The van der Waals surface area contributed by atoms with Gasteiger partial charge in [-0.2, -0.15) is 0 Å². The molecule has 1 heterocycles. The molecule has 1 aliphatic carbocycles. The monoisotopic (exact) mass is 253 g/mol. The highest BCUT2D eigenvalue weighted by atomic mass is 32.1. The smallest absolute Gasteiger partial charge is 0.222 e. The first-order valence-corrected chi connectivity index (χ1v) is 6.86. The van der Waals surface area contributed by atoms with Gasteiger partial charge in [0.05, 0.1) is 11.6 Å². The first-order chi connectivity index (χ1) is 8.07. The zero-order valence-electron chi connectivity index (χ0n) is 10.2. The van der Waals surface area contributed by atoms with E-state index in [1.165, 1.54) is 0 Å². The highest BCUT2D eigenvalue weighted by molar-refractivity contribution is 7.11. The Labute approximate surface area is 106 Å². The third-order valence-corrected chi connectivity index (χ3v) is 4.15. The van der Waals surface area contributed by atoms with Crippen LogP contribution in [0.15, 0.2) is 6.20 Å². The maximum atomic E-state index is 11.8. The summed E-state index contributed by atoms with van der Waals surface area (Å²) in [6.07, 6.45) is 6.51. The van der Waals surface area contributed by atoms with Gasteiger partial charge in [-0.1, -0.05) is 12.8 Å². The largest absolute Gasteiger partial charge is 0.351 e. The zero-order chi connectivity index (χ0) is 12.3. The zero-order valence-corrected chi connectivity index (χ0v) is 11.0. The molecule has 0 aromatic carbocycles. The number of thiazole rings is 1. The lowest BCUT2D eigenvalue weighted by atomic mass is 9.94. The molecule has 1 aromatic rings. The van der Waals surface area contributed by atoms with Crippen LogP contribution in [0, 0.1) is 6.92 Å². The molecule has 2 rings (SSSR count). The lowest BCUT2D eigenvalue weighted by Gasteiger charge is -2.22. The van der Waals surface area contributed by atoms with Crippen LogP contribution < -0.4 is 11.1 Å². The second kappa shape index (κ2) is 5.14. The summed E-state index contributed by atoms with van der Waals surface area (Å²) in [6, 6.07) is 0. The molecule has 1 amide bonds. The third-order valence-electron chi connectivity index (χ3n) is 3.24. The lowest BCUT2D eigenvalue weighted by molar-refractivity contribution is -0.122. The van der Waals surface area contributed by atoms with Crippen molar-refractivity contribution in [2.75, 3.05) is 0 Å². The van der Waals surface area contributed by atoms with Gasteiger partial charge in [-0.05, 0) is 19.8 Å². The lowest BCUT2D eigenvalue weighted by Crippen LogP contribution is -2.41. The van der Waals surface area contributed by atoms with Gasteiger partial charge in [0.15, 0.2) is 0 Å². The number of amides is 1. The molecule has 0 spiro atoms. The Balaban J connectivity index is 1.77. The molecule has 3 N–H and O–H groups in total. The average Bonchev–Trinajstić information content (AvgIpc) is 2.85. The molecule has 1 fully saturated rings. The fourth-order valence-electron chi connectivity index (χ4n) is 2.31. The van der Waals surface area contributed by atoms with Gasteiger partial charge in [0.1, 0.15) is 0 Å². The van der Waals surface area contributed by atoms with E-state index in [0.29, 0.717) is 13.0 Å². The summed E-state index contributed by atoms with van der Waals surface area (Å²) in [5.41, 5.74) is 5.91. The van der Waals surface area contributed by atoms with Gasteiger partial charge in [0, 0.05) is 23.0 Å². The van der Waals surface area contributed by atoms with E-state index >= 15 is 0 Å². The van der Waals surface area contributed by atoms with E-state index in [1.807, 2.05) is 13.1 Å². The van der Waals surface area contributed by atoms with Gasteiger partial charge in [-0.25, -0.2) is 4.98 Å². The van der Waals surface area contributed by atoms with E-state index in [9.17, 15) is 4.79 Å². The number of aryl methyl sites for hydroxylation is 1. The van der Waals surface area contributed by atoms with Gasteiger partial charge >= 0.3 is 0 Å². The molecule has 94 valence electrons. The Kier molecular flexibility index (Phi) is 3.79. The molecule has 1 aliphatic rings.